The van der Waals surface area contributed by atoms with E-state index in [-0.39, 0.29) is 11.8 Å². The first-order chi connectivity index (χ1) is 12.1. The molecule has 9 heteroatoms. The Labute approximate surface area is 142 Å². The predicted molar refractivity (Wildman–Crippen MR) is 89.2 cm³/mol. The maximum absolute atomic E-state index is 13.7. The topological polar surface area (TPSA) is 88.1 Å². The lowest BCUT2D eigenvalue weighted by atomic mass is 10.2. The van der Waals surface area contributed by atoms with Gasteiger partial charge in [-0.1, -0.05) is 0 Å². The van der Waals surface area contributed by atoms with Gasteiger partial charge in [-0.3, -0.25) is 0 Å². The Hall–Kier alpha value is -2.94. The van der Waals surface area contributed by atoms with Gasteiger partial charge in [-0.25, -0.2) is 19.6 Å². The van der Waals surface area contributed by atoms with Crippen LogP contribution in [0.15, 0.2) is 24.4 Å². The number of amides is 2. The molecule has 25 heavy (non-hydrogen) atoms. The molecule has 4 rings (SSSR count). The van der Waals surface area contributed by atoms with Crippen molar-refractivity contribution in [1.82, 2.24) is 24.8 Å². The van der Waals surface area contributed by atoms with Gasteiger partial charge in [0, 0.05) is 25.4 Å². The summed E-state index contributed by atoms with van der Waals surface area (Å²) in [6.45, 7) is 3.87. The summed E-state index contributed by atoms with van der Waals surface area (Å²) in [7, 11) is 0. The Morgan fingerprint density at radius 3 is 2.96 bits per heavy atom. The third-order valence-electron chi connectivity index (χ3n) is 4.10. The average molecular weight is 344 g/mol. The number of hydrogen-bond acceptors (Lipinski definition) is 4. The van der Waals surface area contributed by atoms with Gasteiger partial charge >= 0.3 is 6.03 Å². The number of benzene rings is 1. The van der Waals surface area contributed by atoms with Gasteiger partial charge in [0.05, 0.1) is 24.2 Å². The molecule has 2 N–H and O–H groups in total. The number of carbonyl (C=O) groups excluding carboxylic acids is 1. The molecular formula is C16H17FN6O2. The zero-order valence-electron chi connectivity index (χ0n) is 13.6. The number of imidazole rings is 1. The number of H-pyrrole nitrogens is 1. The lowest BCUT2D eigenvalue weighted by Crippen LogP contribution is -2.45. The molecule has 0 atom stereocenters. The number of aryl methyl sites for hydroxylation is 1. The Bertz CT molecular complexity index is 889. The number of morpholine rings is 1. The van der Waals surface area contributed by atoms with Crippen LogP contribution in [0.2, 0.25) is 0 Å². The van der Waals surface area contributed by atoms with E-state index in [0.717, 1.165) is 5.52 Å². The molecule has 1 aliphatic heterocycles. The number of aromatic amines is 1. The average Bonchev–Trinajstić information content (AvgIpc) is 3.23. The third-order valence-corrected chi connectivity index (χ3v) is 4.10. The second-order valence-corrected chi connectivity index (χ2v) is 5.87. The van der Waals surface area contributed by atoms with Crippen LogP contribution >= 0.6 is 0 Å². The summed E-state index contributed by atoms with van der Waals surface area (Å²) in [4.78, 5) is 22.6. The standard InChI is InChI=1S/C16H17FN6O2/c1-10-8-13-14(9-11(10)17)19-15(18-13)12-2-3-23(20-12)21-16(24)22-4-6-25-7-5-22/h2-3,8-9H,4-7H2,1H3,(H,18,19)(H,21,24). The normalized spacial score (nSPS) is 14.9. The second kappa shape index (κ2) is 6.17. The van der Waals surface area contributed by atoms with Crippen LogP contribution in [-0.4, -0.2) is 57.1 Å². The molecular weight excluding hydrogens is 327 g/mol. The number of rotatable bonds is 2. The maximum atomic E-state index is 13.7. The van der Waals surface area contributed by atoms with E-state index in [4.69, 9.17) is 4.74 Å². The van der Waals surface area contributed by atoms with Crippen molar-refractivity contribution in [3.63, 3.8) is 0 Å². The van der Waals surface area contributed by atoms with Crippen LogP contribution in [0.3, 0.4) is 0 Å². The number of halogens is 1. The molecule has 0 saturated carbocycles. The Morgan fingerprint density at radius 2 is 2.16 bits per heavy atom. The van der Waals surface area contributed by atoms with Crippen molar-refractivity contribution in [2.45, 2.75) is 6.92 Å². The van der Waals surface area contributed by atoms with Gasteiger partial charge in [0.25, 0.3) is 0 Å². The lowest BCUT2D eigenvalue weighted by molar-refractivity contribution is 0.0557. The van der Waals surface area contributed by atoms with Crippen LogP contribution in [0.5, 0.6) is 0 Å². The molecule has 0 bridgehead atoms. The van der Waals surface area contributed by atoms with E-state index >= 15 is 0 Å². The summed E-state index contributed by atoms with van der Waals surface area (Å²) < 4.78 is 18.9. The molecule has 0 unspecified atom stereocenters. The van der Waals surface area contributed by atoms with Crippen molar-refractivity contribution in [3.8, 4) is 11.5 Å². The van der Waals surface area contributed by atoms with Crippen LogP contribution in [-0.2, 0) is 4.74 Å². The highest BCUT2D eigenvalue weighted by molar-refractivity contribution is 5.82. The molecule has 3 heterocycles. The zero-order valence-corrected chi connectivity index (χ0v) is 13.6. The quantitative estimate of drug-likeness (QED) is 0.743. The molecule has 1 saturated heterocycles. The van der Waals surface area contributed by atoms with E-state index in [9.17, 15) is 9.18 Å². The molecule has 1 aliphatic rings. The first kappa shape index (κ1) is 15.6. The van der Waals surface area contributed by atoms with E-state index in [2.05, 4.69) is 20.5 Å². The van der Waals surface area contributed by atoms with Crippen molar-refractivity contribution in [2.75, 3.05) is 31.7 Å². The van der Waals surface area contributed by atoms with Crippen LogP contribution in [0.1, 0.15) is 5.56 Å². The van der Waals surface area contributed by atoms with E-state index in [0.29, 0.717) is 48.9 Å². The number of carbonyl (C=O) groups is 1. The predicted octanol–water partition coefficient (Wildman–Crippen LogP) is 1.87. The van der Waals surface area contributed by atoms with Gasteiger partial charge in [-0.05, 0) is 24.6 Å². The van der Waals surface area contributed by atoms with Gasteiger partial charge in [0.2, 0.25) is 0 Å². The fourth-order valence-electron chi connectivity index (χ4n) is 2.71. The van der Waals surface area contributed by atoms with E-state index in [1.54, 1.807) is 30.2 Å². The summed E-state index contributed by atoms with van der Waals surface area (Å²) in [5, 5.41) is 4.29. The minimum Gasteiger partial charge on any atom is -0.378 e. The molecule has 1 fully saturated rings. The minimum atomic E-state index is -0.297. The molecule has 2 aromatic heterocycles. The highest BCUT2D eigenvalue weighted by atomic mass is 19.1. The highest BCUT2D eigenvalue weighted by Crippen LogP contribution is 2.21. The number of ether oxygens (including phenoxy) is 1. The Morgan fingerprint density at radius 1 is 1.36 bits per heavy atom. The summed E-state index contributed by atoms with van der Waals surface area (Å²) in [5.74, 6) is 0.216. The summed E-state index contributed by atoms with van der Waals surface area (Å²) in [6.07, 6.45) is 1.63. The minimum absolute atomic E-state index is 0.236. The van der Waals surface area contributed by atoms with Crippen molar-refractivity contribution in [1.29, 1.82) is 0 Å². The third kappa shape index (κ3) is 3.05. The van der Waals surface area contributed by atoms with E-state index < -0.39 is 0 Å². The van der Waals surface area contributed by atoms with Crippen LogP contribution in [0.25, 0.3) is 22.6 Å². The van der Waals surface area contributed by atoms with Crippen LogP contribution in [0.4, 0.5) is 9.18 Å². The van der Waals surface area contributed by atoms with Gasteiger partial charge < -0.3 is 14.6 Å². The van der Waals surface area contributed by atoms with Gasteiger partial charge in [-0.15, -0.1) is 5.10 Å². The number of nitrogens with zero attached hydrogens (tertiary/aromatic N) is 4. The summed E-state index contributed by atoms with van der Waals surface area (Å²) in [5.41, 5.74) is 5.06. The molecule has 3 aromatic rings. The molecule has 1 aromatic carbocycles. The number of nitrogens with one attached hydrogen (secondary N) is 2. The van der Waals surface area contributed by atoms with Gasteiger partial charge in [-0.2, -0.15) is 4.79 Å². The van der Waals surface area contributed by atoms with Crippen molar-refractivity contribution in [2.24, 2.45) is 0 Å². The van der Waals surface area contributed by atoms with E-state index in [1.165, 1.54) is 10.9 Å². The SMILES string of the molecule is Cc1cc2[nH]c(-c3ccn(NC(=O)N4CCOCC4)n3)nc2cc1F. The molecule has 2 amide bonds. The number of fused-ring (bicyclic) bond motifs is 1. The zero-order chi connectivity index (χ0) is 17.4. The second-order valence-electron chi connectivity index (χ2n) is 5.87. The molecule has 0 aliphatic carbocycles. The molecule has 0 radical (unpaired) electrons. The molecule has 8 nitrogen and oxygen atoms in total. The maximum Gasteiger partial charge on any atom is 0.337 e. The summed E-state index contributed by atoms with van der Waals surface area (Å²) in [6, 6.07) is 4.58. The largest absolute Gasteiger partial charge is 0.378 e. The Kier molecular flexibility index (Phi) is 3.85. The number of aromatic nitrogens is 4. The lowest BCUT2D eigenvalue weighted by Gasteiger charge is -2.26. The number of hydrogen-bond donors (Lipinski definition) is 2. The Balaban J connectivity index is 1.53. The first-order valence-corrected chi connectivity index (χ1v) is 7.96. The van der Waals surface area contributed by atoms with E-state index in [1.807, 2.05) is 0 Å². The fraction of sp³-hybridized carbons (Fsp3) is 0.312. The van der Waals surface area contributed by atoms with Crippen molar-refractivity contribution >= 4 is 17.1 Å². The van der Waals surface area contributed by atoms with Crippen LogP contribution in [0, 0.1) is 12.7 Å². The molecule has 130 valence electrons. The monoisotopic (exact) mass is 344 g/mol. The van der Waals surface area contributed by atoms with Crippen molar-refractivity contribution in [3.05, 3.63) is 35.8 Å². The van der Waals surface area contributed by atoms with Gasteiger partial charge in [0.1, 0.15) is 11.5 Å². The first-order valence-electron chi connectivity index (χ1n) is 7.96. The smallest absolute Gasteiger partial charge is 0.337 e. The highest BCUT2D eigenvalue weighted by Gasteiger charge is 2.17. The van der Waals surface area contributed by atoms with Crippen LogP contribution < -0.4 is 5.43 Å². The number of urea groups is 1. The van der Waals surface area contributed by atoms with Gasteiger partial charge in [0.15, 0.2) is 5.82 Å². The fourth-order valence-corrected chi connectivity index (χ4v) is 2.71. The van der Waals surface area contributed by atoms with Crippen molar-refractivity contribution < 1.29 is 13.9 Å². The summed E-state index contributed by atoms with van der Waals surface area (Å²) >= 11 is 0. The molecule has 0 spiro atoms.